The number of aromatic nitrogens is 3. The zero-order valence-corrected chi connectivity index (χ0v) is 9.25. The maximum Gasteiger partial charge on any atom is 0.157 e. The predicted molar refractivity (Wildman–Crippen MR) is 58.8 cm³/mol. The van der Waals surface area contributed by atoms with Gasteiger partial charge in [0, 0.05) is 11.8 Å². The summed E-state index contributed by atoms with van der Waals surface area (Å²) in [6.45, 7) is 5.67. The van der Waals surface area contributed by atoms with Crippen molar-refractivity contribution in [3.05, 3.63) is 35.3 Å². The quantitative estimate of drug-likeness (QED) is 0.734. The molecule has 0 amide bonds. The molecule has 0 aliphatic heterocycles. The molecule has 2 aromatic heterocycles. The van der Waals surface area contributed by atoms with Gasteiger partial charge in [-0.25, -0.2) is 9.50 Å². The molecule has 0 aromatic carbocycles. The van der Waals surface area contributed by atoms with Crippen LogP contribution in [0.4, 0.5) is 0 Å². The van der Waals surface area contributed by atoms with Gasteiger partial charge in [0.05, 0.1) is 7.11 Å². The molecule has 0 aliphatic rings. The van der Waals surface area contributed by atoms with Crippen LogP contribution < -0.4 is 0 Å². The summed E-state index contributed by atoms with van der Waals surface area (Å²) in [5.41, 5.74) is 2.31. The molecule has 0 saturated heterocycles. The summed E-state index contributed by atoms with van der Waals surface area (Å²) < 4.78 is 6.70. The lowest BCUT2D eigenvalue weighted by molar-refractivity contribution is 0.369. The van der Waals surface area contributed by atoms with E-state index in [1.165, 1.54) is 0 Å². The van der Waals surface area contributed by atoms with Gasteiger partial charge in [-0.05, 0) is 13.0 Å². The van der Waals surface area contributed by atoms with Crippen molar-refractivity contribution in [2.24, 2.45) is 0 Å². The van der Waals surface area contributed by atoms with Crippen molar-refractivity contribution in [1.82, 2.24) is 14.6 Å². The molecule has 0 unspecified atom stereocenters. The minimum absolute atomic E-state index is 0.422. The first kappa shape index (κ1) is 9.98. The predicted octanol–water partition coefficient (Wildman–Crippen LogP) is 2.31. The van der Waals surface area contributed by atoms with Crippen LogP contribution in [0.2, 0.25) is 5.15 Å². The Morgan fingerprint density at radius 1 is 1.53 bits per heavy atom. The summed E-state index contributed by atoms with van der Waals surface area (Å²) in [6.07, 6.45) is 0. The number of halogens is 1. The van der Waals surface area contributed by atoms with E-state index in [0.717, 1.165) is 5.69 Å². The topological polar surface area (TPSA) is 39.4 Å². The Balaban J connectivity index is 2.66. The lowest BCUT2D eigenvalue weighted by atomic mass is 10.3. The molecule has 0 saturated carbocycles. The Hall–Kier alpha value is -1.55. The van der Waals surface area contributed by atoms with Crippen LogP contribution in [-0.4, -0.2) is 21.7 Å². The maximum atomic E-state index is 5.80. The van der Waals surface area contributed by atoms with E-state index in [0.29, 0.717) is 22.3 Å². The van der Waals surface area contributed by atoms with E-state index < -0.39 is 0 Å². The van der Waals surface area contributed by atoms with Gasteiger partial charge in [0.2, 0.25) is 0 Å². The van der Waals surface area contributed by atoms with E-state index in [-0.39, 0.29) is 0 Å². The van der Waals surface area contributed by atoms with Gasteiger partial charge in [-0.15, -0.1) is 0 Å². The average molecular weight is 224 g/mol. The molecule has 0 aliphatic carbocycles. The van der Waals surface area contributed by atoms with Crippen molar-refractivity contribution in [2.75, 3.05) is 7.11 Å². The van der Waals surface area contributed by atoms with Crippen LogP contribution in [0.1, 0.15) is 11.4 Å². The number of hydrogen-bond acceptors (Lipinski definition) is 3. The van der Waals surface area contributed by atoms with Crippen molar-refractivity contribution in [3.63, 3.8) is 0 Å². The fourth-order valence-electron chi connectivity index (χ4n) is 1.34. The number of rotatable bonds is 2. The molecule has 15 heavy (non-hydrogen) atoms. The zero-order chi connectivity index (χ0) is 11.0. The molecule has 0 N–H and O–H groups in total. The van der Waals surface area contributed by atoms with Gasteiger partial charge in [0.25, 0.3) is 0 Å². The lowest BCUT2D eigenvalue weighted by Gasteiger charge is -2.05. The maximum absolute atomic E-state index is 5.80. The second-order valence-electron chi connectivity index (χ2n) is 3.15. The smallest absolute Gasteiger partial charge is 0.157 e. The third kappa shape index (κ3) is 1.68. The Morgan fingerprint density at radius 3 is 2.93 bits per heavy atom. The van der Waals surface area contributed by atoms with Crippen molar-refractivity contribution >= 4 is 23.0 Å². The molecular weight excluding hydrogens is 214 g/mol. The monoisotopic (exact) mass is 223 g/mol. The van der Waals surface area contributed by atoms with Gasteiger partial charge in [0.15, 0.2) is 10.8 Å². The molecule has 0 bridgehead atoms. The second-order valence-corrected chi connectivity index (χ2v) is 3.53. The minimum Gasteiger partial charge on any atom is -0.495 e. The highest BCUT2D eigenvalue weighted by Gasteiger charge is 2.07. The van der Waals surface area contributed by atoms with E-state index in [1.807, 2.05) is 13.0 Å². The highest BCUT2D eigenvalue weighted by atomic mass is 35.5. The van der Waals surface area contributed by atoms with E-state index in [9.17, 15) is 0 Å². The summed E-state index contributed by atoms with van der Waals surface area (Å²) in [7, 11) is 1.56. The molecule has 2 heterocycles. The fourth-order valence-corrected chi connectivity index (χ4v) is 1.52. The highest BCUT2D eigenvalue weighted by Crippen LogP contribution is 2.16. The zero-order valence-electron chi connectivity index (χ0n) is 8.49. The standard InChI is InChI=1S/C10H10ClN3O/c1-6-4-8(7(2)15-3)12-10-5-9(11)13-14(6)10/h4-5H,2H2,1,3H3. The van der Waals surface area contributed by atoms with Gasteiger partial charge >= 0.3 is 0 Å². The van der Waals surface area contributed by atoms with Crippen LogP contribution in [0, 0.1) is 6.92 Å². The van der Waals surface area contributed by atoms with E-state index in [1.54, 1.807) is 17.7 Å². The Labute approximate surface area is 92.1 Å². The van der Waals surface area contributed by atoms with Gasteiger partial charge < -0.3 is 4.74 Å². The van der Waals surface area contributed by atoms with Crippen molar-refractivity contribution in [3.8, 4) is 0 Å². The lowest BCUT2D eigenvalue weighted by Crippen LogP contribution is -1.99. The third-order valence-electron chi connectivity index (χ3n) is 2.11. The van der Waals surface area contributed by atoms with E-state index in [2.05, 4.69) is 16.7 Å². The molecule has 0 spiro atoms. The van der Waals surface area contributed by atoms with Crippen LogP contribution in [0.25, 0.3) is 11.4 Å². The summed E-state index contributed by atoms with van der Waals surface area (Å²) in [5, 5.41) is 4.51. The van der Waals surface area contributed by atoms with Crippen LogP contribution in [0.5, 0.6) is 0 Å². The van der Waals surface area contributed by atoms with Gasteiger partial charge in [-0.2, -0.15) is 5.10 Å². The number of hydrogen-bond donors (Lipinski definition) is 0. The third-order valence-corrected chi connectivity index (χ3v) is 2.29. The Morgan fingerprint density at radius 2 is 2.27 bits per heavy atom. The van der Waals surface area contributed by atoms with Gasteiger partial charge in [0.1, 0.15) is 11.5 Å². The first-order chi connectivity index (χ1) is 7.11. The summed E-state index contributed by atoms with van der Waals surface area (Å²) >= 11 is 5.80. The largest absolute Gasteiger partial charge is 0.495 e. The molecule has 2 rings (SSSR count). The molecule has 0 radical (unpaired) electrons. The van der Waals surface area contributed by atoms with Crippen LogP contribution >= 0.6 is 11.6 Å². The van der Waals surface area contributed by atoms with Crippen LogP contribution in [0.3, 0.4) is 0 Å². The summed E-state index contributed by atoms with van der Waals surface area (Å²) in [6, 6.07) is 3.54. The number of fused-ring (bicyclic) bond motifs is 1. The van der Waals surface area contributed by atoms with Crippen molar-refractivity contribution in [2.45, 2.75) is 6.92 Å². The first-order valence-electron chi connectivity index (χ1n) is 4.38. The van der Waals surface area contributed by atoms with Crippen LogP contribution in [-0.2, 0) is 4.74 Å². The highest BCUT2D eigenvalue weighted by molar-refractivity contribution is 6.29. The molecule has 2 aromatic rings. The Kier molecular flexibility index (Phi) is 2.36. The minimum atomic E-state index is 0.422. The molecule has 0 fully saturated rings. The van der Waals surface area contributed by atoms with Crippen LogP contribution in [0.15, 0.2) is 18.7 Å². The van der Waals surface area contributed by atoms with Crippen molar-refractivity contribution < 1.29 is 4.74 Å². The number of methoxy groups -OCH3 is 1. The van der Waals surface area contributed by atoms with Gasteiger partial charge in [-0.3, -0.25) is 0 Å². The molecular formula is C10H10ClN3O. The van der Waals surface area contributed by atoms with Crippen molar-refractivity contribution in [1.29, 1.82) is 0 Å². The molecule has 4 nitrogen and oxygen atoms in total. The van der Waals surface area contributed by atoms with E-state index >= 15 is 0 Å². The summed E-state index contributed by atoms with van der Waals surface area (Å²) in [4.78, 5) is 4.32. The normalized spacial score (nSPS) is 10.6. The number of ether oxygens (including phenoxy) is 1. The van der Waals surface area contributed by atoms with E-state index in [4.69, 9.17) is 16.3 Å². The molecule has 78 valence electrons. The van der Waals surface area contributed by atoms with Gasteiger partial charge in [-0.1, -0.05) is 18.2 Å². The summed E-state index contributed by atoms with van der Waals surface area (Å²) in [5.74, 6) is 0.526. The first-order valence-corrected chi connectivity index (χ1v) is 4.76. The SMILES string of the molecule is C=C(OC)c1cc(C)n2nc(Cl)cc2n1. The average Bonchev–Trinajstić information content (AvgIpc) is 2.58. The fraction of sp³-hybridized carbons (Fsp3) is 0.200. The Bertz CT molecular complexity index is 533. The molecule has 5 heteroatoms. The second kappa shape index (κ2) is 3.55. The molecule has 0 atom stereocenters. The number of nitrogens with zero attached hydrogens (tertiary/aromatic N) is 3. The number of aryl methyl sites for hydroxylation is 1.